The first kappa shape index (κ1) is 21.0. The Hall–Kier alpha value is -2.29. The van der Waals surface area contributed by atoms with E-state index in [-0.39, 0.29) is 42.2 Å². The summed E-state index contributed by atoms with van der Waals surface area (Å²) in [5, 5.41) is 2.60. The Balaban J connectivity index is 1.85. The average molecular weight is 388 g/mol. The molecular weight excluding hydrogens is 365 g/mol. The Kier molecular flexibility index (Phi) is 7.46. The molecule has 1 fully saturated rings. The maximum Gasteiger partial charge on any atom is 0.573 e. The van der Waals surface area contributed by atoms with Gasteiger partial charge in [-0.2, -0.15) is 0 Å². The van der Waals surface area contributed by atoms with Crippen LogP contribution in [0.25, 0.3) is 0 Å². The number of para-hydroxylation sites is 1. The van der Waals surface area contributed by atoms with Crippen LogP contribution >= 0.6 is 0 Å². The van der Waals surface area contributed by atoms with Gasteiger partial charge in [-0.05, 0) is 32.4 Å². The van der Waals surface area contributed by atoms with Crippen molar-refractivity contribution in [2.24, 2.45) is 5.92 Å². The third-order valence-electron chi connectivity index (χ3n) is 4.17. The van der Waals surface area contributed by atoms with Crippen molar-refractivity contribution in [1.82, 2.24) is 10.2 Å². The lowest BCUT2D eigenvalue weighted by Gasteiger charge is -2.30. The Bertz CT molecular complexity index is 652. The molecule has 1 saturated heterocycles. The summed E-state index contributed by atoms with van der Waals surface area (Å²) in [7, 11) is 0. The van der Waals surface area contributed by atoms with E-state index < -0.39 is 6.36 Å². The number of piperidine rings is 1. The summed E-state index contributed by atoms with van der Waals surface area (Å²) < 4.78 is 46.3. The molecule has 0 radical (unpaired) electrons. The zero-order valence-electron chi connectivity index (χ0n) is 15.1. The number of hydrogen-bond acceptors (Lipinski definition) is 5. The van der Waals surface area contributed by atoms with Crippen molar-refractivity contribution < 1.29 is 32.2 Å². The topological polar surface area (TPSA) is 67.9 Å². The number of esters is 1. The molecule has 1 aromatic rings. The van der Waals surface area contributed by atoms with Crippen LogP contribution in [0.15, 0.2) is 24.3 Å². The molecule has 1 N–H and O–H groups in total. The third kappa shape index (κ3) is 7.09. The first-order valence-corrected chi connectivity index (χ1v) is 8.78. The highest BCUT2D eigenvalue weighted by molar-refractivity contribution is 5.78. The molecule has 150 valence electrons. The maximum atomic E-state index is 12.4. The molecule has 0 saturated carbocycles. The Labute approximate surface area is 155 Å². The van der Waals surface area contributed by atoms with Crippen LogP contribution in [0.5, 0.6) is 5.75 Å². The molecule has 1 atom stereocenters. The highest BCUT2D eigenvalue weighted by Gasteiger charge is 2.32. The van der Waals surface area contributed by atoms with Crippen molar-refractivity contribution in [3.8, 4) is 5.75 Å². The minimum Gasteiger partial charge on any atom is -0.466 e. The average Bonchev–Trinajstić information content (AvgIpc) is 2.60. The molecule has 6 nitrogen and oxygen atoms in total. The van der Waals surface area contributed by atoms with Gasteiger partial charge in [0.2, 0.25) is 5.91 Å². The van der Waals surface area contributed by atoms with E-state index in [1.807, 2.05) is 4.90 Å². The van der Waals surface area contributed by atoms with Gasteiger partial charge in [-0.15, -0.1) is 13.2 Å². The van der Waals surface area contributed by atoms with Crippen molar-refractivity contribution in [2.75, 3.05) is 26.2 Å². The number of amides is 1. The summed E-state index contributed by atoms with van der Waals surface area (Å²) in [6.07, 6.45) is -3.30. The number of benzene rings is 1. The minimum atomic E-state index is -4.80. The number of nitrogens with one attached hydrogen (secondary N) is 1. The van der Waals surface area contributed by atoms with Crippen molar-refractivity contribution in [3.63, 3.8) is 0 Å². The quantitative estimate of drug-likeness (QED) is 0.727. The van der Waals surface area contributed by atoms with Crippen molar-refractivity contribution >= 4 is 11.9 Å². The van der Waals surface area contributed by atoms with E-state index >= 15 is 0 Å². The van der Waals surface area contributed by atoms with E-state index in [9.17, 15) is 22.8 Å². The largest absolute Gasteiger partial charge is 0.573 e. The van der Waals surface area contributed by atoms with Gasteiger partial charge < -0.3 is 14.8 Å². The second-order valence-electron chi connectivity index (χ2n) is 6.26. The summed E-state index contributed by atoms with van der Waals surface area (Å²) in [5.74, 6) is -1.19. The molecule has 0 bridgehead atoms. The highest BCUT2D eigenvalue weighted by atomic mass is 19.4. The van der Waals surface area contributed by atoms with Gasteiger partial charge in [0, 0.05) is 18.7 Å². The van der Waals surface area contributed by atoms with Crippen LogP contribution in [0.4, 0.5) is 13.2 Å². The van der Waals surface area contributed by atoms with E-state index in [1.54, 1.807) is 13.0 Å². The first-order valence-electron chi connectivity index (χ1n) is 8.78. The normalized spacial score (nSPS) is 18.0. The fourth-order valence-electron chi connectivity index (χ4n) is 2.98. The van der Waals surface area contributed by atoms with Crippen LogP contribution in [-0.2, 0) is 20.9 Å². The molecule has 1 amide bonds. The molecular formula is C18H23F3N2O4. The Morgan fingerprint density at radius 3 is 2.74 bits per heavy atom. The standard InChI is InChI=1S/C18H23F3N2O4/c1-2-26-17(25)14-7-5-9-23(11-14)12-16(24)22-10-13-6-3-4-8-15(13)27-18(19,20)21/h3-4,6,8,14H,2,5,7,9-12H2,1H3,(H,22,24). The van der Waals surface area contributed by atoms with Gasteiger partial charge in [0.15, 0.2) is 0 Å². The number of hydrogen-bond donors (Lipinski definition) is 1. The zero-order valence-corrected chi connectivity index (χ0v) is 15.1. The minimum absolute atomic E-state index is 0.0677. The van der Waals surface area contributed by atoms with Gasteiger partial charge in [0.1, 0.15) is 5.75 Å². The molecule has 27 heavy (non-hydrogen) atoms. The SMILES string of the molecule is CCOC(=O)C1CCCN(CC(=O)NCc2ccccc2OC(F)(F)F)C1. The summed E-state index contributed by atoms with van der Waals surface area (Å²) in [6, 6.07) is 5.65. The summed E-state index contributed by atoms with van der Waals surface area (Å²) in [4.78, 5) is 25.8. The van der Waals surface area contributed by atoms with Crippen LogP contribution in [0.1, 0.15) is 25.3 Å². The first-order chi connectivity index (χ1) is 12.8. The summed E-state index contributed by atoms with van der Waals surface area (Å²) in [5.41, 5.74) is 0.228. The van der Waals surface area contributed by atoms with Crippen LogP contribution in [0.3, 0.4) is 0 Å². The fraction of sp³-hybridized carbons (Fsp3) is 0.556. The molecule has 0 aromatic heterocycles. The summed E-state index contributed by atoms with van der Waals surface area (Å²) >= 11 is 0. The number of ether oxygens (including phenoxy) is 2. The van der Waals surface area contributed by atoms with Crippen molar-refractivity contribution in [3.05, 3.63) is 29.8 Å². The predicted molar refractivity (Wildman–Crippen MR) is 90.8 cm³/mol. The van der Waals surface area contributed by atoms with Crippen LogP contribution in [0, 0.1) is 5.92 Å². The van der Waals surface area contributed by atoms with Gasteiger partial charge in [-0.25, -0.2) is 0 Å². The fourth-order valence-corrected chi connectivity index (χ4v) is 2.98. The highest BCUT2D eigenvalue weighted by Crippen LogP contribution is 2.26. The number of nitrogens with zero attached hydrogens (tertiary/aromatic N) is 1. The molecule has 0 aliphatic carbocycles. The molecule has 1 aliphatic rings. The smallest absolute Gasteiger partial charge is 0.466 e. The molecule has 1 heterocycles. The molecule has 1 unspecified atom stereocenters. The zero-order chi connectivity index (χ0) is 19.9. The van der Waals surface area contributed by atoms with E-state index in [2.05, 4.69) is 10.1 Å². The number of carbonyl (C=O) groups excluding carboxylic acids is 2. The predicted octanol–water partition coefficient (Wildman–Crippen LogP) is 2.48. The van der Waals surface area contributed by atoms with E-state index in [4.69, 9.17) is 4.74 Å². The Morgan fingerprint density at radius 1 is 1.30 bits per heavy atom. The lowest BCUT2D eigenvalue weighted by Crippen LogP contribution is -2.44. The number of rotatable bonds is 7. The molecule has 2 rings (SSSR count). The number of likely N-dealkylation sites (tertiary alicyclic amines) is 1. The number of alkyl halides is 3. The number of halogens is 3. The van der Waals surface area contributed by atoms with E-state index in [1.165, 1.54) is 18.2 Å². The van der Waals surface area contributed by atoms with Crippen LogP contribution in [0.2, 0.25) is 0 Å². The maximum absolute atomic E-state index is 12.4. The van der Waals surface area contributed by atoms with Crippen LogP contribution in [-0.4, -0.2) is 49.4 Å². The summed E-state index contributed by atoms with van der Waals surface area (Å²) in [6.45, 7) is 3.15. The van der Waals surface area contributed by atoms with Crippen LogP contribution < -0.4 is 10.1 Å². The Morgan fingerprint density at radius 2 is 2.04 bits per heavy atom. The molecule has 9 heteroatoms. The molecule has 1 aliphatic heterocycles. The lowest BCUT2D eigenvalue weighted by molar-refractivity contribution is -0.274. The monoisotopic (exact) mass is 388 g/mol. The van der Waals surface area contributed by atoms with Gasteiger partial charge >= 0.3 is 12.3 Å². The molecule has 1 aromatic carbocycles. The lowest BCUT2D eigenvalue weighted by atomic mass is 9.98. The van der Waals surface area contributed by atoms with Gasteiger partial charge in [0.05, 0.1) is 19.1 Å². The van der Waals surface area contributed by atoms with Gasteiger partial charge in [-0.1, -0.05) is 18.2 Å². The third-order valence-corrected chi connectivity index (χ3v) is 4.17. The number of carbonyl (C=O) groups is 2. The van der Waals surface area contributed by atoms with E-state index in [0.717, 1.165) is 12.8 Å². The van der Waals surface area contributed by atoms with Crippen molar-refractivity contribution in [1.29, 1.82) is 0 Å². The van der Waals surface area contributed by atoms with Gasteiger partial charge in [0.25, 0.3) is 0 Å². The van der Waals surface area contributed by atoms with E-state index in [0.29, 0.717) is 19.7 Å². The van der Waals surface area contributed by atoms with Gasteiger partial charge in [-0.3, -0.25) is 14.5 Å². The second-order valence-corrected chi connectivity index (χ2v) is 6.26. The van der Waals surface area contributed by atoms with Crippen molar-refractivity contribution in [2.45, 2.75) is 32.7 Å². The molecule has 0 spiro atoms. The second kappa shape index (κ2) is 9.59.